The fourth-order valence-electron chi connectivity index (χ4n) is 1.41. The van der Waals surface area contributed by atoms with Crippen molar-refractivity contribution in [2.24, 2.45) is 0 Å². The van der Waals surface area contributed by atoms with Gasteiger partial charge in [0.15, 0.2) is 0 Å². The van der Waals surface area contributed by atoms with Crippen molar-refractivity contribution in [1.82, 2.24) is 14.9 Å². The molecule has 0 atom stereocenters. The zero-order valence-electron chi connectivity index (χ0n) is 9.10. The van der Waals surface area contributed by atoms with Gasteiger partial charge in [0.2, 0.25) is 0 Å². The Labute approximate surface area is 103 Å². The monoisotopic (exact) mass is 253 g/mol. The smallest absolute Gasteiger partial charge is 0.347 e. The van der Waals surface area contributed by atoms with Gasteiger partial charge in [-0.15, -0.1) is 0 Å². The van der Waals surface area contributed by atoms with E-state index in [1.807, 2.05) is 6.07 Å². The summed E-state index contributed by atoms with van der Waals surface area (Å²) in [6.45, 7) is 1.90. The molecule has 0 aliphatic heterocycles. The number of furan rings is 1. The molecule has 6 heteroatoms. The van der Waals surface area contributed by atoms with Crippen LogP contribution in [0, 0.1) is 0 Å². The first-order chi connectivity index (χ1) is 8.25. The third-order valence-electron chi connectivity index (χ3n) is 2.26. The van der Waals surface area contributed by atoms with Crippen molar-refractivity contribution in [3.05, 3.63) is 52.1 Å². The maximum Gasteiger partial charge on any atom is 0.347 e. The fourth-order valence-corrected chi connectivity index (χ4v) is 1.58. The summed E-state index contributed by atoms with van der Waals surface area (Å²) in [6.07, 6.45) is 6.23. The molecule has 2 rings (SSSR count). The molecule has 0 unspecified atom stereocenters. The number of halogens is 1. The summed E-state index contributed by atoms with van der Waals surface area (Å²) in [5.41, 5.74) is 0.779. The van der Waals surface area contributed by atoms with Gasteiger partial charge in [-0.2, -0.15) is 0 Å². The van der Waals surface area contributed by atoms with Crippen molar-refractivity contribution in [3.8, 4) is 0 Å². The minimum atomic E-state index is -0.292. The Morgan fingerprint density at radius 1 is 1.53 bits per heavy atom. The topological polar surface area (TPSA) is 60.1 Å². The molecule has 0 saturated carbocycles. The zero-order chi connectivity index (χ0) is 12.1. The van der Waals surface area contributed by atoms with Gasteiger partial charge >= 0.3 is 5.69 Å². The second kappa shape index (κ2) is 5.65. The summed E-state index contributed by atoms with van der Waals surface area (Å²) in [4.78, 5) is 15.0. The third-order valence-corrected chi connectivity index (χ3v) is 2.46. The van der Waals surface area contributed by atoms with Gasteiger partial charge in [0.1, 0.15) is 0 Å². The van der Waals surface area contributed by atoms with Gasteiger partial charge in [-0.05, 0) is 6.07 Å². The van der Waals surface area contributed by atoms with Crippen molar-refractivity contribution in [2.45, 2.75) is 13.1 Å². The van der Waals surface area contributed by atoms with E-state index in [4.69, 9.17) is 16.0 Å². The Bertz CT molecular complexity index is 522. The number of rotatable bonds is 5. The van der Waals surface area contributed by atoms with Crippen LogP contribution in [0.2, 0.25) is 5.02 Å². The number of nitrogens with zero attached hydrogens (tertiary/aromatic N) is 2. The van der Waals surface area contributed by atoms with E-state index in [2.05, 4.69) is 10.3 Å². The standard InChI is InChI=1S/C11H12ClN3O2/c12-10-6-14-11(16)15(7-10)3-2-13-5-9-1-4-17-8-9/h1,4,6-8,13H,2-3,5H2. The molecular weight excluding hydrogens is 242 g/mol. The van der Waals surface area contributed by atoms with E-state index in [1.165, 1.54) is 10.8 Å². The summed E-state index contributed by atoms with van der Waals surface area (Å²) >= 11 is 5.76. The Morgan fingerprint density at radius 3 is 3.18 bits per heavy atom. The van der Waals surface area contributed by atoms with Crippen LogP contribution in [0.15, 0.2) is 40.2 Å². The number of hydrogen-bond donors (Lipinski definition) is 1. The largest absolute Gasteiger partial charge is 0.472 e. The predicted octanol–water partition coefficient (Wildman–Crippen LogP) is 1.28. The summed E-state index contributed by atoms with van der Waals surface area (Å²) in [6, 6.07) is 1.89. The van der Waals surface area contributed by atoms with Gasteiger partial charge in [0.25, 0.3) is 0 Å². The fraction of sp³-hybridized carbons (Fsp3) is 0.273. The first-order valence-electron chi connectivity index (χ1n) is 5.19. The van der Waals surface area contributed by atoms with Crippen molar-refractivity contribution in [1.29, 1.82) is 0 Å². The molecule has 0 aliphatic rings. The first kappa shape index (κ1) is 11.9. The lowest BCUT2D eigenvalue weighted by Gasteiger charge is -2.05. The van der Waals surface area contributed by atoms with Gasteiger partial charge in [0, 0.05) is 31.4 Å². The zero-order valence-corrected chi connectivity index (χ0v) is 9.85. The lowest BCUT2D eigenvalue weighted by atomic mass is 10.3. The van der Waals surface area contributed by atoms with Gasteiger partial charge in [0.05, 0.1) is 23.7 Å². The van der Waals surface area contributed by atoms with Crippen LogP contribution < -0.4 is 11.0 Å². The van der Waals surface area contributed by atoms with Crippen LogP contribution in [-0.2, 0) is 13.1 Å². The van der Waals surface area contributed by atoms with E-state index in [9.17, 15) is 4.79 Å². The van der Waals surface area contributed by atoms with Gasteiger partial charge in [-0.1, -0.05) is 11.6 Å². The highest BCUT2D eigenvalue weighted by Crippen LogP contribution is 2.01. The van der Waals surface area contributed by atoms with Crippen molar-refractivity contribution in [3.63, 3.8) is 0 Å². The van der Waals surface area contributed by atoms with E-state index < -0.39 is 0 Å². The molecule has 0 bridgehead atoms. The van der Waals surface area contributed by atoms with Crippen LogP contribution in [-0.4, -0.2) is 16.1 Å². The van der Waals surface area contributed by atoms with E-state index in [0.717, 1.165) is 5.56 Å². The second-order valence-electron chi connectivity index (χ2n) is 3.56. The quantitative estimate of drug-likeness (QED) is 0.816. The highest BCUT2D eigenvalue weighted by Gasteiger charge is 1.98. The molecule has 90 valence electrons. The van der Waals surface area contributed by atoms with Crippen LogP contribution in [0.5, 0.6) is 0 Å². The van der Waals surface area contributed by atoms with E-state index in [-0.39, 0.29) is 5.69 Å². The van der Waals surface area contributed by atoms with Gasteiger partial charge in [-0.25, -0.2) is 9.78 Å². The highest BCUT2D eigenvalue weighted by atomic mass is 35.5. The molecule has 2 aromatic rings. The third kappa shape index (κ3) is 3.44. The molecule has 0 saturated heterocycles. The molecule has 17 heavy (non-hydrogen) atoms. The molecule has 5 nitrogen and oxygen atoms in total. The van der Waals surface area contributed by atoms with Gasteiger partial charge < -0.3 is 9.73 Å². The van der Waals surface area contributed by atoms with Crippen molar-refractivity contribution in [2.75, 3.05) is 6.54 Å². The second-order valence-corrected chi connectivity index (χ2v) is 3.99. The Hall–Kier alpha value is -1.59. The minimum Gasteiger partial charge on any atom is -0.472 e. The Balaban J connectivity index is 1.82. The molecule has 0 amide bonds. The molecule has 1 N–H and O–H groups in total. The van der Waals surface area contributed by atoms with Crippen molar-refractivity contribution >= 4 is 11.6 Å². The van der Waals surface area contributed by atoms with Crippen LogP contribution >= 0.6 is 11.6 Å². The maximum absolute atomic E-state index is 11.3. The van der Waals surface area contributed by atoms with E-state index >= 15 is 0 Å². The van der Waals surface area contributed by atoms with Crippen LogP contribution in [0.25, 0.3) is 0 Å². The molecule has 2 heterocycles. The number of nitrogens with one attached hydrogen (secondary N) is 1. The molecule has 2 aromatic heterocycles. The summed E-state index contributed by atoms with van der Waals surface area (Å²) in [5, 5.41) is 3.65. The number of hydrogen-bond acceptors (Lipinski definition) is 4. The van der Waals surface area contributed by atoms with Crippen molar-refractivity contribution < 1.29 is 4.42 Å². The lowest BCUT2D eigenvalue weighted by Crippen LogP contribution is -2.27. The SMILES string of the molecule is O=c1ncc(Cl)cn1CCNCc1ccoc1. The summed E-state index contributed by atoms with van der Waals surface area (Å²) < 4.78 is 6.42. The van der Waals surface area contributed by atoms with E-state index in [0.29, 0.717) is 24.7 Å². The van der Waals surface area contributed by atoms with Gasteiger partial charge in [-0.3, -0.25) is 4.57 Å². The molecular formula is C11H12ClN3O2. The normalized spacial score (nSPS) is 10.6. The lowest BCUT2D eigenvalue weighted by molar-refractivity contribution is 0.552. The first-order valence-corrected chi connectivity index (χ1v) is 5.57. The Kier molecular flexibility index (Phi) is 3.95. The van der Waals surface area contributed by atoms with Crippen LogP contribution in [0.1, 0.15) is 5.56 Å². The molecule has 0 aliphatic carbocycles. The summed E-state index contributed by atoms with van der Waals surface area (Å²) in [5.74, 6) is 0. The highest BCUT2D eigenvalue weighted by molar-refractivity contribution is 6.30. The molecule has 0 aromatic carbocycles. The molecule has 0 fully saturated rings. The predicted molar refractivity (Wildman–Crippen MR) is 63.9 cm³/mol. The average Bonchev–Trinajstić information content (AvgIpc) is 2.82. The average molecular weight is 254 g/mol. The van der Waals surface area contributed by atoms with Crippen LogP contribution in [0.3, 0.4) is 0 Å². The molecule has 0 spiro atoms. The number of aromatic nitrogens is 2. The Morgan fingerprint density at radius 2 is 2.41 bits per heavy atom. The molecule has 0 radical (unpaired) electrons. The summed E-state index contributed by atoms with van der Waals surface area (Å²) in [7, 11) is 0. The minimum absolute atomic E-state index is 0.292. The maximum atomic E-state index is 11.3. The van der Waals surface area contributed by atoms with E-state index in [1.54, 1.807) is 18.7 Å². The van der Waals surface area contributed by atoms with Crippen LogP contribution in [0.4, 0.5) is 0 Å².